The van der Waals surface area contributed by atoms with Gasteiger partial charge in [-0.1, -0.05) is 24.3 Å². The van der Waals surface area contributed by atoms with Crippen LogP contribution in [0.15, 0.2) is 58.9 Å². The van der Waals surface area contributed by atoms with Gasteiger partial charge in [0.25, 0.3) is 5.56 Å². The highest BCUT2D eigenvalue weighted by atomic mass is 32.1. The summed E-state index contributed by atoms with van der Waals surface area (Å²) in [5.41, 5.74) is 13.4. The molecular weight excluding hydrogens is 464 g/mol. The van der Waals surface area contributed by atoms with Gasteiger partial charge in [-0.25, -0.2) is 0 Å². The van der Waals surface area contributed by atoms with Crippen LogP contribution in [-0.4, -0.2) is 23.7 Å². The molecule has 1 amide bonds. The van der Waals surface area contributed by atoms with Crippen molar-refractivity contribution >= 4 is 34.7 Å². The average molecular weight is 489 g/mol. The molecule has 0 aliphatic carbocycles. The topological polar surface area (TPSA) is 133 Å². The van der Waals surface area contributed by atoms with Crippen LogP contribution < -0.4 is 35.7 Å². The third kappa shape index (κ3) is 4.44. The van der Waals surface area contributed by atoms with E-state index in [1.807, 2.05) is 38.1 Å². The summed E-state index contributed by atoms with van der Waals surface area (Å²) in [6.07, 6.45) is 1.71. The number of carbonyl (C=O) groups is 1. The number of ether oxygens (including phenoxy) is 2. The van der Waals surface area contributed by atoms with E-state index in [1.54, 1.807) is 30.3 Å². The quantitative estimate of drug-likeness (QED) is 0.519. The van der Waals surface area contributed by atoms with Crippen LogP contribution in [0.25, 0.3) is 17.5 Å². The van der Waals surface area contributed by atoms with Crippen LogP contribution >= 0.6 is 11.3 Å². The van der Waals surface area contributed by atoms with Crippen molar-refractivity contribution in [2.45, 2.75) is 19.8 Å². The Bertz CT molecular complexity index is 1520. The molecule has 1 aliphatic rings. The van der Waals surface area contributed by atoms with E-state index in [2.05, 4.69) is 6.07 Å². The fraction of sp³-hybridized carbons (Fsp3) is 0.192. The van der Waals surface area contributed by atoms with Crippen molar-refractivity contribution < 1.29 is 14.3 Å². The summed E-state index contributed by atoms with van der Waals surface area (Å²) < 4.78 is 12.8. The first-order valence-corrected chi connectivity index (χ1v) is 11.8. The zero-order valence-electron chi connectivity index (χ0n) is 19.3. The normalized spacial score (nSPS) is 15.5. The summed E-state index contributed by atoms with van der Waals surface area (Å²) >= 11 is 1.11. The minimum absolute atomic E-state index is 0.0148. The molecule has 0 saturated carbocycles. The standard InChI is InChI=1S/C26H24N4O4S/c1-3-33-17-9-5-15(6-10-17)13-20-25(32)30-23(28)19(14-27)21(22(24(29)31)26(30)35-20)16-7-11-18(12-8-16)34-4-2/h5-13,21H,3-4,28H2,1-2H3,(H2,29,31)/b20-13+/t21-/m0/s1. The number of rotatable bonds is 7. The first kappa shape index (κ1) is 23.9. The van der Waals surface area contributed by atoms with E-state index >= 15 is 0 Å². The lowest BCUT2D eigenvalue weighted by Crippen LogP contribution is -2.41. The Balaban J connectivity index is 1.94. The Kier molecular flexibility index (Phi) is 6.75. The molecular formula is C26H24N4O4S. The van der Waals surface area contributed by atoms with Gasteiger partial charge in [0.2, 0.25) is 5.91 Å². The monoisotopic (exact) mass is 488 g/mol. The van der Waals surface area contributed by atoms with Gasteiger partial charge in [-0.05, 0) is 55.3 Å². The van der Waals surface area contributed by atoms with E-state index in [4.69, 9.17) is 20.9 Å². The van der Waals surface area contributed by atoms with Crippen molar-refractivity contribution in [3.05, 3.63) is 84.8 Å². The van der Waals surface area contributed by atoms with Gasteiger partial charge in [-0.2, -0.15) is 5.26 Å². The Morgan fingerprint density at radius 3 is 2.17 bits per heavy atom. The molecule has 0 spiro atoms. The maximum absolute atomic E-state index is 13.3. The largest absolute Gasteiger partial charge is 0.494 e. The molecule has 2 heterocycles. The number of amides is 1. The van der Waals surface area contributed by atoms with Gasteiger partial charge in [0.05, 0.1) is 40.9 Å². The van der Waals surface area contributed by atoms with Crippen LogP contribution in [0.4, 0.5) is 0 Å². The summed E-state index contributed by atoms with van der Waals surface area (Å²) in [7, 11) is 0. The Morgan fingerprint density at radius 1 is 1.09 bits per heavy atom. The molecule has 4 N–H and O–H groups in total. The SMILES string of the molecule is CCOc1ccc(/C=c2/sc3n(c2=O)C(N)=C(C#N)[C@H](c2ccc(OCC)cc2)C=3C(N)=O)cc1. The number of allylic oxidation sites excluding steroid dienone is 1. The highest BCUT2D eigenvalue weighted by Gasteiger charge is 2.34. The van der Waals surface area contributed by atoms with Crippen molar-refractivity contribution in [2.75, 3.05) is 13.2 Å². The van der Waals surface area contributed by atoms with Gasteiger partial charge in [0, 0.05) is 0 Å². The molecule has 178 valence electrons. The maximum atomic E-state index is 13.3. The minimum atomic E-state index is -0.801. The van der Waals surface area contributed by atoms with Gasteiger partial charge in [0.15, 0.2) is 0 Å². The number of thiazole rings is 1. The lowest BCUT2D eigenvalue weighted by molar-refractivity contribution is -0.113. The van der Waals surface area contributed by atoms with Gasteiger partial charge in [-0.3, -0.25) is 14.2 Å². The van der Waals surface area contributed by atoms with Crippen LogP contribution in [0.5, 0.6) is 11.5 Å². The smallest absolute Gasteiger partial charge is 0.274 e. The number of nitrogens with two attached hydrogens (primary N) is 2. The molecule has 1 aromatic heterocycles. The number of hydrogen-bond acceptors (Lipinski definition) is 7. The average Bonchev–Trinajstić information content (AvgIpc) is 3.16. The molecule has 0 saturated heterocycles. The molecule has 35 heavy (non-hydrogen) atoms. The number of hydrogen-bond donors (Lipinski definition) is 2. The molecule has 9 heteroatoms. The third-order valence-corrected chi connectivity index (χ3v) is 6.66. The van der Waals surface area contributed by atoms with E-state index in [9.17, 15) is 14.9 Å². The highest BCUT2D eigenvalue weighted by Crippen LogP contribution is 2.36. The van der Waals surface area contributed by atoms with Gasteiger partial charge < -0.3 is 20.9 Å². The van der Waals surface area contributed by atoms with Crippen LogP contribution in [0, 0.1) is 11.3 Å². The molecule has 0 bridgehead atoms. The number of benzene rings is 2. The van der Waals surface area contributed by atoms with E-state index < -0.39 is 17.4 Å². The van der Waals surface area contributed by atoms with Gasteiger partial charge >= 0.3 is 0 Å². The fourth-order valence-corrected chi connectivity index (χ4v) is 5.20. The number of aromatic nitrogens is 1. The highest BCUT2D eigenvalue weighted by molar-refractivity contribution is 7.07. The van der Waals surface area contributed by atoms with Crippen molar-refractivity contribution in [1.82, 2.24) is 4.57 Å². The maximum Gasteiger partial charge on any atom is 0.274 e. The fourth-order valence-electron chi connectivity index (χ4n) is 4.02. The lowest BCUT2D eigenvalue weighted by atomic mass is 9.83. The van der Waals surface area contributed by atoms with E-state index in [-0.39, 0.29) is 17.0 Å². The molecule has 1 atom stereocenters. The first-order valence-electron chi connectivity index (χ1n) is 11.0. The summed E-state index contributed by atoms with van der Waals surface area (Å²) in [5.74, 6) is -0.168. The van der Waals surface area contributed by atoms with Crippen LogP contribution in [0.3, 0.4) is 0 Å². The summed E-state index contributed by atoms with van der Waals surface area (Å²) in [4.78, 5) is 26.0. The van der Waals surface area contributed by atoms with Gasteiger partial charge in [0.1, 0.15) is 22.0 Å². The van der Waals surface area contributed by atoms with Crippen LogP contribution in [0.1, 0.15) is 30.9 Å². The second-order valence-electron chi connectivity index (χ2n) is 7.68. The molecule has 4 rings (SSSR count). The number of primary amides is 1. The molecule has 0 radical (unpaired) electrons. The van der Waals surface area contributed by atoms with Crippen molar-refractivity contribution in [3.8, 4) is 17.6 Å². The number of carbonyl (C=O) groups excluding carboxylic acids is 1. The lowest BCUT2D eigenvalue weighted by Gasteiger charge is -2.24. The van der Waals surface area contributed by atoms with Gasteiger partial charge in [-0.15, -0.1) is 11.3 Å². The predicted octanol–water partition coefficient (Wildman–Crippen LogP) is 1.62. The van der Waals surface area contributed by atoms with E-state index in [0.29, 0.717) is 33.7 Å². The summed E-state index contributed by atoms with van der Waals surface area (Å²) in [5, 5.41) is 9.95. The first-order chi connectivity index (χ1) is 16.9. The zero-order valence-corrected chi connectivity index (χ0v) is 20.1. The van der Waals surface area contributed by atoms with E-state index in [1.165, 1.54) is 4.57 Å². The Labute approximate surface area is 205 Å². The number of fused-ring (bicyclic) bond motifs is 1. The Morgan fingerprint density at radius 2 is 1.66 bits per heavy atom. The number of nitriles is 1. The molecule has 8 nitrogen and oxygen atoms in total. The molecule has 3 aromatic rings. The van der Waals surface area contributed by atoms with Crippen LogP contribution in [0.2, 0.25) is 0 Å². The second kappa shape index (κ2) is 9.91. The zero-order chi connectivity index (χ0) is 25.1. The molecule has 0 unspecified atom stereocenters. The molecule has 0 fully saturated rings. The van der Waals surface area contributed by atoms with Crippen LogP contribution in [-0.2, 0) is 4.79 Å². The van der Waals surface area contributed by atoms with Crippen molar-refractivity contribution in [2.24, 2.45) is 11.5 Å². The minimum Gasteiger partial charge on any atom is -0.494 e. The van der Waals surface area contributed by atoms with Crippen molar-refractivity contribution in [3.63, 3.8) is 0 Å². The Hall–Kier alpha value is -4.29. The van der Waals surface area contributed by atoms with Crippen molar-refractivity contribution in [1.29, 1.82) is 5.26 Å². The molecule has 2 aromatic carbocycles. The van der Waals surface area contributed by atoms with E-state index in [0.717, 1.165) is 22.6 Å². The second-order valence-corrected chi connectivity index (χ2v) is 8.71. The summed E-state index contributed by atoms with van der Waals surface area (Å²) in [6.45, 7) is 4.84. The predicted molar refractivity (Wildman–Crippen MR) is 135 cm³/mol. The third-order valence-electron chi connectivity index (χ3n) is 5.55. The summed E-state index contributed by atoms with van der Waals surface area (Å²) in [6, 6.07) is 16.4. The molecule has 1 aliphatic heterocycles. The number of nitrogens with zero attached hydrogens (tertiary/aromatic N) is 2.